The molecule has 3 aromatic carbocycles. The molecule has 0 aromatic heterocycles. The van der Waals surface area contributed by atoms with Gasteiger partial charge < -0.3 is 4.90 Å². The Kier molecular flexibility index (Phi) is 6.54. The van der Waals surface area contributed by atoms with Crippen LogP contribution in [0.5, 0.6) is 0 Å². The van der Waals surface area contributed by atoms with Gasteiger partial charge in [0.05, 0.1) is 28.3 Å². The second-order valence-electron chi connectivity index (χ2n) is 6.56. The zero-order chi connectivity index (χ0) is 22.4. The topological polar surface area (TPSA) is 69.8 Å². The number of anilines is 1. The molecule has 6 nitrogen and oxygen atoms in total. The summed E-state index contributed by atoms with van der Waals surface area (Å²) in [6, 6.07) is 18.2. The fraction of sp³-hybridized carbons (Fsp3) is 0.136. The number of azo groups is 2. The molecule has 0 saturated heterocycles. The number of hydrogen-bond donors (Lipinski definition) is 0. The minimum absolute atomic E-state index is 0.0649. The molecule has 3 rings (SSSR count). The molecule has 3 aromatic rings. The standard InChI is InChI=1S/C22H18F3N5O/c1-15(31)30(2)21-13-11-20(12-14-21)29-28-19-9-7-18(8-10-19)27-26-17-5-3-16(4-6-17)22(23,24)25/h3-14H,1-2H3. The zero-order valence-electron chi connectivity index (χ0n) is 16.7. The lowest BCUT2D eigenvalue weighted by molar-refractivity contribution is -0.137. The van der Waals surface area contributed by atoms with Gasteiger partial charge in [-0.25, -0.2) is 0 Å². The average Bonchev–Trinajstić information content (AvgIpc) is 2.76. The number of rotatable bonds is 5. The lowest BCUT2D eigenvalue weighted by atomic mass is 10.2. The molecule has 0 atom stereocenters. The van der Waals surface area contributed by atoms with E-state index in [1.807, 2.05) is 0 Å². The largest absolute Gasteiger partial charge is 0.416 e. The van der Waals surface area contributed by atoms with E-state index >= 15 is 0 Å². The molecule has 0 saturated carbocycles. The van der Waals surface area contributed by atoms with Crippen LogP contribution in [0.3, 0.4) is 0 Å². The van der Waals surface area contributed by atoms with Gasteiger partial charge in [0.1, 0.15) is 0 Å². The van der Waals surface area contributed by atoms with Crippen LogP contribution in [0.1, 0.15) is 12.5 Å². The van der Waals surface area contributed by atoms with Crippen molar-refractivity contribution in [1.29, 1.82) is 0 Å². The van der Waals surface area contributed by atoms with E-state index in [1.165, 1.54) is 24.0 Å². The number of nitrogens with zero attached hydrogens (tertiary/aromatic N) is 5. The van der Waals surface area contributed by atoms with E-state index in [-0.39, 0.29) is 5.91 Å². The van der Waals surface area contributed by atoms with Crippen molar-refractivity contribution in [3.63, 3.8) is 0 Å². The Morgan fingerprint density at radius 1 is 0.677 bits per heavy atom. The van der Waals surface area contributed by atoms with Gasteiger partial charge in [-0.15, -0.1) is 0 Å². The molecule has 0 N–H and O–H groups in total. The fourth-order valence-corrected chi connectivity index (χ4v) is 2.46. The average molecular weight is 425 g/mol. The SMILES string of the molecule is CC(=O)N(C)c1ccc(N=Nc2ccc(N=Nc3ccc(C(F)(F)F)cc3)cc2)cc1. The van der Waals surface area contributed by atoms with Crippen molar-refractivity contribution < 1.29 is 18.0 Å². The van der Waals surface area contributed by atoms with E-state index in [2.05, 4.69) is 20.5 Å². The van der Waals surface area contributed by atoms with Gasteiger partial charge in [-0.2, -0.15) is 33.6 Å². The molecular formula is C22H18F3N5O. The molecule has 1 amide bonds. The van der Waals surface area contributed by atoms with Gasteiger partial charge in [0.15, 0.2) is 0 Å². The highest BCUT2D eigenvalue weighted by Gasteiger charge is 2.29. The number of hydrogen-bond acceptors (Lipinski definition) is 5. The van der Waals surface area contributed by atoms with Crippen LogP contribution in [0.25, 0.3) is 0 Å². The van der Waals surface area contributed by atoms with Crippen molar-refractivity contribution >= 4 is 34.3 Å². The van der Waals surface area contributed by atoms with E-state index in [0.717, 1.165) is 17.8 Å². The number of carbonyl (C=O) groups excluding carboxylic acids is 1. The summed E-state index contributed by atoms with van der Waals surface area (Å²) >= 11 is 0. The van der Waals surface area contributed by atoms with Crippen LogP contribution in [-0.4, -0.2) is 13.0 Å². The highest BCUT2D eigenvalue weighted by atomic mass is 19.4. The van der Waals surface area contributed by atoms with E-state index in [0.29, 0.717) is 22.7 Å². The number of carbonyl (C=O) groups is 1. The summed E-state index contributed by atoms with van der Waals surface area (Å²) in [5, 5.41) is 16.2. The van der Waals surface area contributed by atoms with Crippen LogP contribution < -0.4 is 4.90 Å². The molecule has 0 aliphatic rings. The second-order valence-corrected chi connectivity index (χ2v) is 6.56. The Labute approximate surface area is 176 Å². The lowest BCUT2D eigenvalue weighted by Gasteiger charge is -2.14. The van der Waals surface area contributed by atoms with Crippen LogP contribution in [0.4, 0.5) is 41.6 Å². The Bertz CT molecular complexity index is 1090. The summed E-state index contributed by atoms with van der Waals surface area (Å²) in [6.45, 7) is 1.49. The predicted molar refractivity (Wildman–Crippen MR) is 112 cm³/mol. The van der Waals surface area contributed by atoms with Gasteiger partial charge in [-0.05, 0) is 72.8 Å². The fourth-order valence-electron chi connectivity index (χ4n) is 2.46. The maximum Gasteiger partial charge on any atom is 0.416 e. The molecule has 0 aliphatic heterocycles. The molecule has 0 bridgehead atoms. The Hall–Kier alpha value is -3.88. The minimum Gasteiger partial charge on any atom is -0.316 e. The van der Waals surface area contributed by atoms with Crippen LogP contribution in [0.2, 0.25) is 0 Å². The van der Waals surface area contributed by atoms with Crippen molar-refractivity contribution in [2.45, 2.75) is 13.1 Å². The van der Waals surface area contributed by atoms with Crippen LogP contribution in [0.15, 0.2) is 93.3 Å². The molecule has 158 valence electrons. The van der Waals surface area contributed by atoms with Crippen molar-refractivity contribution in [1.82, 2.24) is 0 Å². The summed E-state index contributed by atoms with van der Waals surface area (Å²) < 4.78 is 37.7. The molecule has 9 heteroatoms. The first-order valence-electron chi connectivity index (χ1n) is 9.17. The van der Waals surface area contributed by atoms with E-state index in [4.69, 9.17) is 0 Å². The minimum atomic E-state index is -4.38. The second kappa shape index (κ2) is 9.29. The first kappa shape index (κ1) is 21.8. The molecule has 0 unspecified atom stereocenters. The number of alkyl halides is 3. The number of benzene rings is 3. The first-order valence-corrected chi connectivity index (χ1v) is 9.17. The number of amides is 1. The van der Waals surface area contributed by atoms with Gasteiger partial charge in [0, 0.05) is 19.7 Å². The Morgan fingerprint density at radius 2 is 1.00 bits per heavy atom. The quantitative estimate of drug-likeness (QED) is 0.390. The monoisotopic (exact) mass is 425 g/mol. The maximum atomic E-state index is 12.6. The van der Waals surface area contributed by atoms with Crippen molar-refractivity contribution in [3.05, 3.63) is 78.4 Å². The molecule has 0 spiro atoms. The molecule has 0 fully saturated rings. The zero-order valence-corrected chi connectivity index (χ0v) is 16.7. The van der Waals surface area contributed by atoms with Gasteiger partial charge in [0.25, 0.3) is 0 Å². The summed E-state index contributed by atoms with van der Waals surface area (Å²) in [6.07, 6.45) is -4.38. The summed E-state index contributed by atoms with van der Waals surface area (Å²) in [5.41, 5.74) is 2.09. The molecular weight excluding hydrogens is 407 g/mol. The van der Waals surface area contributed by atoms with Crippen LogP contribution >= 0.6 is 0 Å². The third-order valence-electron chi connectivity index (χ3n) is 4.32. The first-order chi connectivity index (χ1) is 14.7. The molecule has 31 heavy (non-hydrogen) atoms. The van der Waals surface area contributed by atoms with Crippen molar-refractivity contribution in [2.75, 3.05) is 11.9 Å². The molecule has 0 radical (unpaired) electrons. The van der Waals surface area contributed by atoms with Gasteiger partial charge >= 0.3 is 6.18 Å². The maximum absolute atomic E-state index is 12.6. The van der Waals surface area contributed by atoms with Crippen LogP contribution in [-0.2, 0) is 11.0 Å². The Morgan fingerprint density at radius 3 is 1.32 bits per heavy atom. The van der Waals surface area contributed by atoms with Gasteiger partial charge in [-0.3, -0.25) is 4.79 Å². The highest BCUT2D eigenvalue weighted by Crippen LogP contribution is 2.31. The smallest absolute Gasteiger partial charge is 0.316 e. The summed E-state index contributed by atoms with van der Waals surface area (Å²) in [5.74, 6) is -0.0649. The third-order valence-corrected chi connectivity index (χ3v) is 4.32. The summed E-state index contributed by atoms with van der Waals surface area (Å²) in [4.78, 5) is 12.9. The normalized spacial score (nSPS) is 11.9. The van der Waals surface area contributed by atoms with Gasteiger partial charge in [-0.1, -0.05) is 0 Å². The molecule has 0 heterocycles. The van der Waals surface area contributed by atoms with E-state index in [9.17, 15) is 18.0 Å². The van der Waals surface area contributed by atoms with E-state index < -0.39 is 11.7 Å². The third kappa shape index (κ3) is 6.05. The lowest BCUT2D eigenvalue weighted by Crippen LogP contribution is -2.22. The summed E-state index contributed by atoms with van der Waals surface area (Å²) in [7, 11) is 1.69. The van der Waals surface area contributed by atoms with Gasteiger partial charge in [0.2, 0.25) is 5.91 Å². The predicted octanol–water partition coefficient (Wildman–Crippen LogP) is 7.52. The van der Waals surface area contributed by atoms with E-state index in [1.54, 1.807) is 55.6 Å². The number of halogens is 3. The van der Waals surface area contributed by atoms with Crippen molar-refractivity contribution in [2.24, 2.45) is 20.5 Å². The molecule has 0 aliphatic carbocycles. The van der Waals surface area contributed by atoms with Crippen LogP contribution in [0, 0.1) is 0 Å². The Balaban J connectivity index is 1.62. The highest BCUT2D eigenvalue weighted by molar-refractivity contribution is 5.90. The van der Waals surface area contributed by atoms with Crippen molar-refractivity contribution in [3.8, 4) is 0 Å².